The number of carbonyl (C=O) groups is 1. The normalized spacial score (nSPS) is 15.2. The van der Waals surface area contributed by atoms with E-state index in [0.717, 1.165) is 24.0 Å². The lowest BCUT2D eigenvalue weighted by Gasteiger charge is -2.18. The quantitative estimate of drug-likeness (QED) is 0.774. The van der Waals surface area contributed by atoms with Crippen molar-refractivity contribution in [3.05, 3.63) is 52.5 Å². The minimum absolute atomic E-state index is 0.246. The highest BCUT2D eigenvalue weighted by atomic mass is 35.5. The van der Waals surface area contributed by atoms with Crippen LogP contribution < -0.4 is 9.47 Å². The molecule has 0 N–H and O–H groups in total. The van der Waals surface area contributed by atoms with E-state index in [4.69, 9.17) is 21.1 Å². The van der Waals surface area contributed by atoms with E-state index in [2.05, 4.69) is 0 Å². The summed E-state index contributed by atoms with van der Waals surface area (Å²) in [5, 5.41) is 0.518. The van der Waals surface area contributed by atoms with Crippen LogP contribution >= 0.6 is 11.6 Å². The largest absolute Gasteiger partial charge is 0.483 e. The Morgan fingerprint density at radius 1 is 1.24 bits per heavy atom. The Hall–Kier alpha value is -2.00. The van der Waals surface area contributed by atoms with Crippen molar-refractivity contribution in [2.45, 2.75) is 25.9 Å². The monoisotopic (exact) mass is 302 g/mol. The second kappa shape index (κ2) is 5.08. The molecule has 0 saturated heterocycles. The van der Waals surface area contributed by atoms with Crippen LogP contribution in [0.3, 0.4) is 0 Å². The van der Waals surface area contributed by atoms with Crippen LogP contribution in [-0.2, 0) is 6.42 Å². The summed E-state index contributed by atoms with van der Waals surface area (Å²) in [6.07, 6.45) is 1.58. The molecule has 21 heavy (non-hydrogen) atoms. The molecule has 0 fully saturated rings. The zero-order valence-electron chi connectivity index (χ0n) is 11.9. The molecule has 108 valence electrons. The molecule has 0 bridgehead atoms. The maximum Gasteiger partial charge on any atom is 0.169 e. The van der Waals surface area contributed by atoms with Crippen molar-refractivity contribution in [2.24, 2.45) is 0 Å². The summed E-state index contributed by atoms with van der Waals surface area (Å²) in [4.78, 5) is 11.1. The fourth-order valence-corrected chi connectivity index (χ4v) is 2.64. The first-order valence-electron chi connectivity index (χ1n) is 6.72. The molecule has 3 rings (SSSR count). The molecule has 0 saturated carbocycles. The topological polar surface area (TPSA) is 35.5 Å². The first-order chi connectivity index (χ1) is 9.98. The van der Waals surface area contributed by atoms with Gasteiger partial charge in [0.15, 0.2) is 17.8 Å². The lowest BCUT2D eigenvalue weighted by atomic mass is 10.0. The van der Waals surface area contributed by atoms with E-state index < -0.39 is 0 Å². The Morgan fingerprint density at radius 2 is 2.05 bits per heavy atom. The van der Waals surface area contributed by atoms with Crippen LogP contribution in [0.2, 0.25) is 5.02 Å². The van der Waals surface area contributed by atoms with E-state index in [1.807, 2.05) is 32.0 Å². The number of rotatable bonds is 3. The van der Waals surface area contributed by atoms with Crippen LogP contribution in [0.25, 0.3) is 0 Å². The number of hydrogen-bond acceptors (Lipinski definition) is 3. The standard InChI is InChI=1S/C17H15ClO3/c1-17(2)9-11-4-3-5-14(16(11)21-17)20-15-8-13(18)7-6-12(15)10-19/h3-8,10H,9H2,1-2H3. The van der Waals surface area contributed by atoms with Gasteiger partial charge < -0.3 is 9.47 Å². The van der Waals surface area contributed by atoms with Gasteiger partial charge in [-0.2, -0.15) is 0 Å². The Bertz CT molecular complexity index is 707. The van der Waals surface area contributed by atoms with Crippen molar-refractivity contribution in [2.75, 3.05) is 0 Å². The number of hydrogen-bond donors (Lipinski definition) is 0. The minimum atomic E-state index is -0.246. The molecule has 0 radical (unpaired) electrons. The van der Waals surface area contributed by atoms with Gasteiger partial charge >= 0.3 is 0 Å². The lowest BCUT2D eigenvalue weighted by Crippen LogP contribution is -2.24. The average Bonchev–Trinajstić information content (AvgIpc) is 2.74. The highest BCUT2D eigenvalue weighted by Crippen LogP contribution is 2.43. The van der Waals surface area contributed by atoms with Crippen LogP contribution in [0.5, 0.6) is 17.2 Å². The third kappa shape index (κ3) is 2.74. The predicted molar refractivity (Wildman–Crippen MR) is 81.8 cm³/mol. The van der Waals surface area contributed by atoms with Crippen molar-refractivity contribution in [1.82, 2.24) is 0 Å². The van der Waals surface area contributed by atoms with Crippen LogP contribution in [-0.4, -0.2) is 11.9 Å². The van der Waals surface area contributed by atoms with Gasteiger partial charge in [0.2, 0.25) is 0 Å². The van der Waals surface area contributed by atoms with Gasteiger partial charge in [0, 0.05) is 23.1 Å². The van der Waals surface area contributed by atoms with Crippen LogP contribution in [0.1, 0.15) is 29.8 Å². The Morgan fingerprint density at radius 3 is 2.81 bits per heavy atom. The predicted octanol–water partition coefficient (Wildman–Crippen LogP) is 4.66. The molecular weight excluding hydrogens is 288 g/mol. The van der Waals surface area contributed by atoms with Gasteiger partial charge in [-0.15, -0.1) is 0 Å². The summed E-state index contributed by atoms with van der Waals surface area (Å²) in [5.74, 6) is 1.77. The second-order valence-electron chi connectivity index (χ2n) is 5.68. The molecule has 3 nitrogen and oxygen atoms in total. The third-order valence-electron chi connectivity index (χ3n) is 3.38. The number of fused-ring (bicyclic) bond motifs is 1. The van der Waals surface area contributed by atoms with Crippen molar-refractivity contribution in [3.8, 4) is 17.2 Å². The average molecular weight is 303 g/mol. The SMILES string of the molecule is CC1(C)Cc2cccc(Oc3cc(Cl)ccc3C=O)c2O1. The Kier molecular flexibility index (Phi) is 3.38. The van der Waals surface area contributed by atoms with Gasteiger partial charge in [0.25, 0.3) is 0 Å². The molecular formula is C17H15ClO3. The number of benzene rings is 2. The van der Waals surface area contributed by atoms with Gasteiger partial charge in [0.05, 0.1) is 5.56 Å². The Labute approximate surface area is 128 Å². The molecule has 2 aromatic rings. The molecule has 2 aromatic carbocycles. The number of para-hydroxylation sites is 1. The highest BCUT2D eigenvalue weighted by molar-refractivity contribution is 6.30. The van der Waals surface area contributed by atoms with Gasteiger partial charge in [-0.05, 0) is 32.0 Å². The van der Waals surface area contributed by atoms with Gasteiger partial charge in [-0.3, -0.25) is 4.79 Å². The maximum atomic E-state index is 11.1. The minimum Gasteiger partial charge on any atom is -0.483 e. The highest BCUT2D eigenvalue weighted by Gasteiger charge is 2.32. The first kappa shape index (κ1) is 14.0. The fraction of sp³-hybridized carbons (Fsp3) is 0.235. The van der Waals surface area contributed by atoms with E-state index in [-0.39, 0.29) is 5.60 Å². The zero-order chi connectivity index (χ0) is 15.0. The third-order valence-corrected chi connectivity index (χ3v) is 3.61. The summed E-state index contributed by atoms with van der Waals surface area (Å²) < 4.78 is 11.8. The van der Waals surface area contributed by atoms with Gasteiger partial charge in [-0.1, -0.05) is 23.7 Å². The summed E-state index contributed by atoms with van der Waals surface area (Å²) in [5.41, 5.74) is 1.31. The number of halogens is 1. The van der Waals surface area contributed by atoms with Crippen LogP contribution in [0, 0.1) is 0 Å². The zero-order valence-corrected chi connectivity index (χ0v) is 12.6. The van der Waals surface area contributed by atoms with Crippen LogP contribution in [0.15, 0.2) is 36.4 Å². The number of ether oxygens (including phenoxy) is 2. The molecule has 1 aliphatic heterocycles. The number of carbonyl (C=O) groups excluding carboxylic acids is 1. The smallest absolute Gasteiger partial charge is 0.169 e. The molecule has 0 atom stereocenters. The molecule has 0 amide bonds. The molecule has 1 aliphatic rings. The van der Waals surface area contributed by atoms with E-state index in [1.165, 1.54) is 0 Å². The Balaban J connectivity index is 2.00. The number of aldehydes is 1. The van der Waals surface area contributed by atoms with Crippen LogP contribution in [0.4, 0.5) is 0 Å². The van der Waals surface area contributed by atoms with Gasteiger partial charge in [0.1, 0.15) is 11.4 Å². The van der Waals surface area contributed by atoms with Crippen molar-refractivity contribution in [1.29, 1.82) is 0 Å². The second-order valence-corrected chi connectivity index (χ2v) is 6.12. The molecule has 0 spiro atoms. The molecule has 0 unspecified atom stereocenters. The maximum absolute atomic E-state index is 11.1. The summed E-state index contributed by atoms with van der Waals surface area (Å²) in [6, 6.07) is 10.7. The lowest BCUT2D eigenvalue weighted by molar-refractivity contribution is 0.112. The summed E-state index contributed by atoms with van der Waals surface area (Å²) >= 11 is 5.98. The molecule has 4 heteroatoms. The van der Waals surface area contributed by atoms with E-state index in [9.17, 15) is 4.79 Å². The van der Waals surface area contributed by atoms with E-state index in [1.54, 1.807) is 18.2 Å². The molecule has 0 aromatic heterocycles. The molecule has 0 aliphatic carbocycles. The summed E-state index contributed by atoms with van der Waals surface area (Å²) in [6.45, 7) is 4.07. The van der Waals surface area contributed by atoms with E-state index in [0.29, 0.717) is 22.1 Å². The molecule has 1 heterocycles. The van der Waals surface area contributed by atoms with Crippen molar-refractivity contribution in [3.63, 3.8) is 0 Å². The van der Waals surface area contributed by atoms with Crippen molar-refractivity contribution >= 4 is 17.9 Å². The van der Waals surface area contributed by atoms with Gasteiger partial charge in [-0.25, -0.2) is 0 Å². The van der Waals surface area contributed by atoms with Crippen molar-refractivity contribution < 1.29 is 14.3 Å². The first-order valence-corrected chi connectivity index (χ1v) is 7.10. The fourth-order valence-electron chi connectivity index (χ4n) is 2.48. The summed E-state index contributed by atoms with van der Waals surface area (Å²) in [7, 11) is 0. The van der Waals surface area contributed by atoms with E-state index >= 15 is 0 Å².